The number of Topliss-reactive ketones (excluding diaryl/α,β-unsaturated/α-hetero) is 1. The minimum absolute atomic E-state index is 0.119. The smallest absolute Gasteiger partial charge is 0.224 e. The maximum absolute atomic E-state index is 12.1. The molecule has 128 valence electrons. The maximum atomic E-state index is 12.1. The van der Waals surface area contributed by atoms with Gasteiger partial charge in [0.15, 0.2) is 11.5 Å². The zero-order valence-corrected chi connectivity index (χ0v) is 13.9. The number of hydrogen-bond donors (Lipinski definition) is 1. The van der Waals surface area contributed by atoms with Gasteiger partial charge in [-0.25, -0.2) is 4.68 Å². The van der Waals surface area contributed by atoms with E-state index in [4.69, 9.17) is 4.42 Å². The molecule has 0 aliphatic heterocycles. The first-order valence-electron chi connectivity index (χ1n) is 8.07. The lowest BCUT2D eigenvalue weighted by atomic mass is 10.1. The van der Waals surface area contributed by atoms with Crippen molar-refractivity contribution in [3.05, 3.63) is 72.4 Å². The third-order valence-corrected chi connectivity index (χ3v) is 3.76. The molecule has 3 aromatic rings. The van der Waals surface area contributed by atoms with Crippen molar-refractivity contribution in [2.45, 2.75) is 25.8 Å². The maximum Gasteiger partial charge on any atom is 0.224 e. The van der Waals surface area contributed by atoms with Crippen molar-refractivity contribution < 1.29 is 14.0 Å². The minimum atomic E-state index is -0.256. The summed E-state index contributed by atoms with van der Waals surface area (Å²) in [6.45, 7) is 1.81. The summed E-state index contributed by atoms with van der Waals surface area (Å²) < 4.78 is 6.83. The Morgan fingerprint density at radius 3 is 2.64 bits per heavy atom. The van der Waals surface area contributed by atoms with Crippen molar-refractivity contribution >= 4 is 11.7 Å². The zero-order chi connectivity index (χ0) is 17.6. The molecule has 0 aliphatic carbocycles. The van der Waals surface area contributed by atoms with Crippen molar-refractivity contribution in [2.75, 3.05) is 0 Å². The van der Waals surface area contributed by atoms with Crippen LogP contribution in [-0.2, 0) is 11.2 Å². The van der Waals surface area contributed by atoms with Crippen LogP contribution in [0, 0.1) is 0 Å². The molecule has 3 rings (SSSR count). The third-order valence-electron chi connectivity index (χ3n) is 3.76. The zero-order valence-electron chi connectivity index (χ0n) is 13.9. The summed E-state index contributed by atoms with van der Waals surface area (Å²) in [5, 5.41) is 7.01. The average Bonchev–Trinajstić information content (AvgIpc) is 3.29. The van der Waals surface area contributed by atoms with Crippen LogP contribution in [0.2, 0.25) is 0 Å². The second kappa shape index (κ2) is 7.61. The van der Waals surface area contributed by atoms with Crippen molar-refractivity contribution in [1.82, 2.24) is 15.1 Å². The lowest BCUT2D eigenvalue weighted by Gasteiger charge is -2.12. The number of furan rings is 1. The van der Waals surface area contributed by atoms with Crippen molar-refractivity contribution in [1.29, 1.82) is 0 Å². The first kappa shape index (κ1) is 16.7. The average molecular weight is 337 g/mol. The van der Waals surface area contributed by atoms with Gasteiger partial charge in [0.25, 0.3) is 0 Å². The second-order valence-corrected chi connectivity index (χ2v) is 5.87. The number of hydrogen-bond acceptors (Lipinski definition) is 4. The van der Waals surface area contributed by atoms with E-state index in [0.717, 1.165) is 11.3 Å². The molecule has 0 bridgehead atoms. The minimum Gasteiger partial charge on any atom is -0.461 e. The normalized spacial score (nSPS) is 11.9. The van der Waals surface area contributed by atoms with Gasteiger partial charge in [-0.1, -0.05) is 12.1 Å². The molecule has 1 N–H and O–H groups in total. The number of aromatic nitrogens is 2. The molecule has 1 atom stereocenters. The highest BCUT2D eigenvalue weighted by atomic mass is 16.3. The Hall–Kier alpha value is -3.15. The molecule has 0 spiro atoms. The molecule has 0 saturated heterocycles. The number of benzene rings is 1. The molecule has 25 heavy (non-hydrogen) atoms. The molecule has 0 radical (unpaired) electrons. The van der Waals surface area contributed by atoms with E-state index < -0.39 is 0 Å². The van der Waals surface area contributed by atoms with E-state index in [1.165, 1.54) is 6.26 Å². The predicted octanol–water partition coefficient (Wildman–Crippen LogP) is 2.79. The van der Waals surface area contributed by atoms with Gasteiger partial charge in [-0.3, -0.25) is 9.59 Å². The predicted molar refractivity (Wildman–Crippen MR) is 92.5 cm³/mol. The molecular formula is C19H19N3O3. The molecule has 0 saturated carbocycles. The number of rotatable bonds is 7. The van der Waals surface area contributed by atoms with Crippen LogP contribution < -0.4 is 5.32 Å². The van der Waals surface area contributed by atoms with Crippen molar-refractivity contribution in [2.24, 2.45) is 0 Å². The summed E-state index contributed by atoms with van der Waals surface area (Å²) in [6.07, 6.45) is 5.51. The molecule has 2 heterocycles. The van der Waals surface area contributed by atoms with Gasteiger partial charge in [-0.2, -0.15) is 5.10 Å². The van der Waals surface area contributed by atoms with Gasteiger partial charge in [0.2, 0.25) is 5.91 Å². The van der Waals surface area contributed by atoms with Gasteiger partial charge in [-0.15, -0.1) is 0 Å². The van der Waals surface area contributed by atoms with Gasteiger partial charge in [0.1, 0.15) is 0 Å². The molecule has 1 aromatic carbocycles. The standard InChI is InChI=1S/C19H19N3O3/c1-14(12-17(23)18-4-2-11-25-18)21-19(24)13-15-5-7-16(8-6-15)22-10-3-9-20-22/h2-11,14H,12-13H2,1H3,(H,21,24). The fraction of sp³-hybridized carbons (Fsp3) is 0.211. The Balaban J connectivity index is 1.51. The van der Waals surface area contributed by atoms with Crippen LogP contribution in [0.5, 0.6) is 0 Å². The van der Waals surface area contributed by atoms with E-state index in [2.05, 4.69) is 10.4 Å². The van der Waals surface area contributed by atoms with Crippen molar-refractivity contribution in [3.63, 3.8) is 0 Å². The van der Waals surface area contributed by atoms with Gasteiger partial charge in [-0.05, 0) is 42.8 Å². The van der Waals surface area contributed by atoms with Crippen LogP contribution >= 0.6 is 0 Å². The molecule has 6 heteroatoms. The molecule has 0 aliphatic rings. The summed E-state index contributed by atoms with van der Waals surface area (Å²) >= 11 is 0. The first-order valence-corrected chi connectivity index (χ1v) is 8.07. The van der Waals surface area contributed by atoms with E-state index in [1.54, 1.807) is 29.9 Å². The number of ketones is 1. The fourth-order valence-corrected chi connectivity index (χ4v) is 2.57. The number of carbonyl (C=O) groups is 2. The van der Waals surface area contributed by atoms with E-state index >= 15 is 0 Å². The van der Waals surface area contributed by atoms with E-state index in [-0.39, 0.29) is 30.6 Å². The first-order chi connectivity index (χ1) is 12.1. The summed E-state index contributed by atoms with van der Waals surface area (Å²) in [6, 6.07) is 12.5. The monoisotopic (exact) mass is 337 g/mol. The lowest BCUT2D eigenvalue weighted by molar-refractivity contribution is -0.121. The molecule has 6 nitrogen and oxygen atoms in total. The molecule has 2 aromatic heterocycles. The Labute approximate surface area is 145 Å². The highest BCUT2D eigenvalue weighted by molar-refractivity contribution is 5.94. The summed E-state index contributed by atoms with van der Waals surface area (Å²) in [5.74, 6) is 0.0725. The highest BCUT2D eigenvalue weighted by Crippen LogP contribution is 2.10. The third kappa shape index (κ3) is 4.44. The summed E-state index contributed by atoms with van der Waals surface area (Å²) in [4.78, 5) is 24.1. The fourth-order valence-electron chi connectivity index (χ4n) is 2.57. The SMILES string of the molecule is CC(CC(=O)c1ccco1)NC(=O)Cc1ccc(-n2cccn2)cc1. The number of nitrogens with one attached hydrogen (secondary N) is 1. The molecule has 1 unspecified atom stereocenters. The number of carbonyl (C=O) groups excluding carboxylic acids is 2. The number of amides is 1. The molecule has 1 amide bonds. The van der Waals surface area contributed by atoms with Gasteiger partial charge in [0.05, 0.1) is 18.4 Å². The van der Waals surface area contributed by atoms with Crippen LogP contribution in [0.15, 0.2) is 65.5 Å². The second-order valence-electron chi connectivity index (χ2n) is 5.87. The van der Waals surface area contributed by atoms with E-state index in [9.17, 15) is 9.59 Å². The lowest BCUT2D eigenvalue weighted by Crippen LogP contribution is -2.35. The van der Waals surface area contributed by atoms with Crippen LogP contribution in [0.4, 0.5) is 0 Å². The topological polar surface area (TPSA) is 77.1 Å². The van der Waals surface area contributed by atoms with E-state index in [1.807, 2.05) is 36.5 Å². The largest absolute Gasteiger partial charge is 0.461 e. The van der Waals surface area contributed by atoms with Crippen molar-refractivity contribution in [3.8, 4) is 5.69 Å². The van der Waals surface area contributed by atoms with Crippen LogP contribution in [0.1, 0.15) is 29.5 Å². The van der Waals surface area contributed by atoms with Gasteiger partial charge < -0.3 is 9.73 Å². The Morgan fingerprint density at radius 2 is 2.00 bits per heavy atom. The van der Waals surface area contributed by atoms with Crippen LogP contribution in [0.3, 0.4) is 0 Å². The van der Waals surface area contributed by atoms with Gasteiger partial charge in [0, 0.05) is 24.9 Å². The summed E-state index contributed by atoms with van der Waals surface area (Å²) in [5.41, 5.74) is 1.84. The quantitative estimate of drug-likeness (QED) is 0.673. The van der Waals surface area contributed by atoms with Crippen LogP contribution in [0.25, 0.3) is 5.69 Å². The van der Waals surface area contributed by atoms with Crippen LogP contribution in [-0.4, -0.2) is 27.5 Å². The Bertz CT molecular complexity index is 821. The Morgan fingerprint density at radius 1 is 1.20 bits per heavy atom. The number of nitrogens with zero attached hydrogens (tertiary/aromatic N) is 2. The highest BCUT2D eigenvalue weighted by Gasteiger charge is 2.15. The van der Waals surface area contributed by atoms with E-state index in [0.29, 0.717) is 5.76 Å². The Kier molecular flexibility index (Phi) is 5.09. The molecular weight excluding hydrogens is 318 g/mol. The summed E-state index contributed by atoms with van der Waals surface area (Å²) in [7, 11) is 0. The van der Waals surface area contributed by atoms with Gasteiger partial charge >= 0.3 is 0 Å². The molecule has 0 fully saturated rings.